The van der Waals surface area contributed by atoms with E-state index in [2.05, 4.69) is 0 Å². The molecule has 0 aromatic heterocycles. The van der Waals surface area contributed by atoms with Crippen LogP contribution in [0, 0.1) is 0 Å². The lowest BCUT2D eigenvalue weighted by atomic mass is 9.83. The second-order valence-corrected chi connectivity index (χ2v) is 9.20. The number of carbonyl (C=O) groups is 4. The molecule has 8 heteroatoms. The van der Waals surface area contributed by atoms with Crippen molar-refractivity contribution in [1.29, 1.82) is 0 Å². The topological polar surface area (TPSA) is 127 Å². The molecule has 8 nitrogen and oxygen atoms in total. The van der Waals surface area contributed by atoms with E-state index < -0.39 is 29.9 Å². The van der Waals surface area contributed by atoms with Crippen molar-refractivity contribution in [2.45, 2.75) is 63.9 Å². The van der Waals surface area contributed by atoms with Gasteiger partial charge in [0, 0.05) is 24.3 Å². The van der Waals surface area contributed by atoms with Crippen LogP contribution in [0.15, 0.2) is 36.4 Å². The van der Waals surface area contributed by atoms with Gasteiger partial charge in [0.25, 0.3) is 0 Å². The van der Waals surface area contributed by atoms with Crippen molar-refractivity contribution in [2.24, 2.45) is 0 Å². The molecular formula is C28H28O8. The molecule has 188 valence electrons. The summed E-state index contributed by atoms with van der Waals surface area (Å²) in [5, 5.41) is 20.6. The monoisotopic (exact) mass is 492 g/mol. The number of esters is 2. The maximum Gasteiger partial charge on any atom is 0.342 e. The molecular weight excluding hydrogens is 464 g/mol. The average Bonchev–Trinajstić information content (AvgIpc) is 2.82. The molecule has 2 aliphatic rings. The number of benzene rings is 2. The number of fused-ring (bicyclic) bond motifs is 2. The van der Waals surface area contributed by atoms with E-state index in [4.69, 9.17) is 9.47 Å². The lowest BCUT2D eigenvalue weighted by Gasteiger charge is -2.27. The minimum Gasteiger partial charge on any atom is -0.507 e. The Balaban J connectivity index is 1.80. The number of carbonyl (C=O) groups excluding carboxylic acids is 3. The molecule has 36 heavy (non-hydrogen) atoms. The van der Waals surface area contributed by atoms with Crippen LogP contribution in [0.4, 0.5) is 0 Å². The number of cyclic esters (lactones) is 1. The number of ketones is 1. The van der Waals surface area contributed by atoms with E-state index in [9.17, 15) is 29.4 Å². The summed E-state index contributed by atoms with van der Waals surface area (Å²) >= 11 is 0. The molecule has 0 fully saturated rings. The van der Waals surface area contributed by atoms with Crippen LogP contribution >= 0.6 is 0 Å². The third-order valence-electron chi connectivity index (χ3n) is 6.54. The highest BCUT2D eigenvalue weighted by Gasteiger charge is 2.35. The maximum atomic E-state index is 13.2. The van der Waals surface area contributed by atoms with Gasteiger partial charge in [-0.25, -0.2) is 9.59 Å². The highest BCUT2D eigenvalue weighted by molar-refractivity contribution is 5.98. The summed E-state index contributed by atoms with van der Waals surface area (Å²) in [5.41, 5.74) is 1.31. The number of aromatic carboxylic acids is 1. The minimum atomic E-state index is -1.08. The van der Waals surface area contributed by atoms with Gasteiger partial charge >= 0.3 is 17.9 Å². The predicted octanol–water partition coefficient (Wildman–Crippen LogP) is 5.01. The van der Waals surface area contributed by atoms with E-state index in [0.29, 0.717) is 49.7 Å². The van der Waals surface area contributed by atoms with Gasteiger partial charge in [0.15, 0.2) is 0 Å². The molecule has 0 saturated carbocycles. The zero-order valence-electron chi connectivity index (χ0n) is 20.0. The van der Waals surface area contributed by atoms with Crippen molar-refractivity contribution in [2.75, 3.05) is 0 Å². The number of carboxylic acids is 1. The molecule has 2 atom stereocenters. The van der Waals surface area contributed by atoms with Gasteiger partial charge in [0.2, 0.25) is 0 Å². The highest BCUT2D eigenvalue weighted by atomic mass is 16.5. The van der Waals surface area contributed by atoms with Crippen LogP contribution in [0.2, 0.25) is 0 Å². The highest BCUT2D eigenvalue weighted by Crippen LogP contribution is 2.47. The van der Waals surface area contributed by atoms with Crippen LogP contribution in [0.3, 0.4) is 0 Å². The number of hydrogen-bond acceptors (Lipinski definition) is 7. The van der Waals surface area contributed by atoms with Crippen molar-refractivity contribution < 1.29 is 38.9 Å². The number of hydrogen-bond donors (Lipinski definition) is 2. The molecule has 0 spiro atoms. The fourth-order valence-corrected chi connectivity index (χ4v) is 4.66. The Morgan fingerprint density at radius 2 is 1.78 bits per heavy atom. The number of ether oxygens (including phenoxy) is 2. The van der Waals surface area contributed by atoms with Crippen molar-refractivity contribution in [3.8, 4) is 11.5 Å². The SMILES string of the molecule is C[C@@H]1CCCC(=O)CCCC=Cc2cc3c(c(O)c2C(=O)O1)[C@H](c1ccc(C(=O)O)cc1)CC(=O)O3. The normalized spacial score (nSPS) is 21.0. The van der Waals surface area contributed by atoms with Crippen molar-refractivity contribution in [3.63, 3.8) is 0 Å². The van der Waals surface area contributed by atoms with E-state index in [-0.39, 0.29) is 40.4 Å². The summed E-state index contributed by atoms with van der Waals surface area (Å²) in [4.78, 5) is 48.9. The molecule has 0 amide bonds. The number of carboxylic acid groups (broad SMARTS) is 1. The number of allylic oxidation sites excluding steroid dienone is 1. The van der Waals surface area contributed by atoms with Crippen LogP contribution in [-0.2, 0) is 14.3 Å². The van der Waals surface area contributed by atoms with Gasteiger partial charge < -0.3 is 19.7 Å². The lowest BCUT2D eigenvalue weighted by Crippen LogP contribution is -2.23. The van der Waals surface area contributed by atoms with Gasteiger partial charge in [-0.05, 0) is 61.9 Å². The Morgan fingerprint density at radius 3 is 2.50 bits per heavy atom. The molecule has 4 rings (SSSR count). The van der Waals surface area contributed by atoms with Crippen LogP contribution in [-0.4, -0.2) is 40.0 Å². The van der Waals surface area contributed by atoms with E-state index in [1.165, 1.54) is 12.1 Å². The fourth-order valence-electron chi connectivity index (χ4n) is 4.66. The average molecular weight is 493 g/mol. The standard InChI is InChI=1S/C28H28O8/c1-16-6-5-9-20(29)8-4-2-3-7-19-14-22-25(26(31)24(19)28(34)35-16)21(15-23(30)36-22)17-10-12-18(13-11-17)27(32)33/h3,7,10-14,16,21,31H,2,4-6,8-9,15H2,1H3,(H,32,33)/t16-,21+/m1/s1. The third-order valence-corrected chi connectivity index (χ3v) is 6.54. The van der Waals surface area contributed by atoms with Gasteiger partial charge in [-0.1, -0.05) is 24.3 Å². The summed E-state index contributed by atoms with van der Waals surface area (Å²) < 4.78 is 11.1. The Morgan fingerprint density at radius 1 is 1.06 bits per heavy atom. The van der Waals surface area contributed by atoms with Crippen molar-refractivity contribution in [1.82, 2.24) is 0 Å². The maximum absolute atomic E-state index is 13.2. The van der Waals surface area contributed by atoms with Crippen LogP contribution in [0.1, 0.15) is 95.2 Å². The summed E-state index contributed by atoms with van der Waals surface area (Å²) in [6.45, 7) is 1.74. The van der Waals surface area contributed by atoms with Crippen LogP contribution in [0.25, 0.3) is 6.08 Å². The quantitative estimate of drug-likeness (QED) is 0.442. The molecule has 0 radical (unpaired) electrons. The first-order chi connectivity index (χ1) is 17.2. The van der Waals surface area contributed by atoms with Crippen LogP contribution < -0.4 is 4.74 Å². The van der Waals surface area contributed by atoms with E-state index in [0.717, 1.165) is 0 Å². The Kier molecular flexibility index (Phi) is 7.52. The lowest BCUT2D eigenvalue weighted by molar-refractivity contribution is -0.135. The minimum absolute atomic E-state index is 0.0184. The van der Waals surface area contributed by atoms with E-state index in [1.807, 2.05) is 6.08 Å². The molecule has 0 aliphatic carbocycles. The number of phenolic OH excluding ortho intramolecular Hbond substituents is 1. The van der Waals surface area contributed by atoms with Gasteiger partial charge in [0.05, 0.1) is 18.1 Å². The summed E-state index contributed by atoms with van der Waals surface area (Å²) in [6, 6.07) is 7.57. The zero-order chi connectivity index (χ0) is 25.8. The third kappa shape index (κ3) is 5.48. The van der Waals surface area contributed by atoms with Crippen LogP contribution in [0.5, 0.6) is 11.5 Å². The smallest absolute Gasteiger partial charge is 0.342 e. The van der Waals surface area contributed by atoms with Gasteiger partial charge in [-0.15, -0.1) is 0 Å². The molecule has 0 bridgehead atoms. The summed E-state index contributed by atoms with van der Waals surface area (Å²) in [5.74, 6) is -2.94. The molecule has 2 aromatic carbocycles. The van der Waals surface area contributed by atoms with Gasteiger partial charge in [-0.3, -0.25) is 9.59 Å². The largest absolute Gasteiger partial charge is 0.507 e. The second kappa shape index (κ2) is 10.8. The first-order valence-corrected chi connectivity index (χ1v) is 12.1. The molecule has 2 N–H and O–H groups in total. The predicted molar refractivity (Wildman–Crippen MR) is 130 cm³/mol. The molecule has 0 saturated heterocycles. The molecule has 2 aromatic rings. The zero-order valence-corrected chi connectivity index (χ0v) is 20.0. The van der Waals surface area contributed by atoms with Gasteiger partial charge in [-0.2, -0.15) is 0 Å². The summed E-state index contributed by atoms with van der Waals surface area (Å²) in [7, 11) is 0. The first-order valence-electron chi connectivity index (χ1n) is 12.1. The number of Topliss-reactive ketones (excluding diaryl/α,β-unsaturated/α-hetero) is 1. The number of phenols is 1. The Bertz CT molecular complexity index is 1230. The summed E-state index contributed by atoms with van der Waals surface area (Å²) in [6.07, 6.45) is 6.25. The first kappa shape index (κ1) is 25.2. The Hall–Kier alpha value is -3.94. The molecule has 0 unspecified atom stereocenters. The number of rotatable bonds is 2. The van der Waals surface area contributed by atoms with E-state index in [1.54, 1.807) is 31.2 Å². The fraction of sp³-hybridized carbons (Fsp3) is 0.357. The van der Waals surface area contributed by atoms with E-state index >= 15 is 0 Å². The Labute approximate surface area is 208 Å². The van der Waals surface area contributed by atoms with Gasteiger partial charge in [0.1, 0.15) is 22.8 Å². The number of aromatic hydroxyl groups is 1. The molecule has 2 heterocycles. The van der Waals surface area contributed by atoms with Crippen molar-refractivity contribution in [3.05, 3.63) is 64.2 Å². The second-order valence-electron chi connectivity index (χ2n) is 9.20. The molecule has 2 aliphatic heterocycles. The van der Waals surface area contributed by atoms with Crippen molar-refractivity contribution >= 4 is 29.8 Å².